The third-order valence-corrected chi connectivity index (χ3v) is 4.43. The molecule has 0 unspecified atom stereocenters. The van der Waals surface area contributed by atoms with E-state index in [1.54, 1.807) is 30.2 Å². The second-order valence-electron chi connectivity index (χ2n) is 5.13. The van der Waals surface area contributed by atoms with Gasteiger partial charge in [0.25, 0.3) is 11.8 Å². The first-order valence-corrected chi connectivity index (χ1v) is 8.30. The number of thioether (sulfide) groups is 1. The van der Waals surface area contributed by atoms with E-state index in [1.807, 2.05) is 23.7 Å². The number of hydrogen-bond acceptors (Lipinski definition) is 6. The molecule has 0 atom stereocenters. The van der Waals surface area contributed by atoms with E-state index in [2.05, 4.69) is 21.0 Å². The van der Waals surface area contributed by atoms with Crippen LogP contribution in [-0.4, -0.2) is 26.6 Å². The summed E-state index contributed by atoms with van der Waals surface area (Å²) in [6.45, 7) is 0. The van der Waals surface area contributed by atoms with E-state index in [9.17, 15) is 9.59 Å². The van der Waals surface area contributed by atoms with Crippen LogP contribution in [0.1, 0.15) is 26.3 Å². The molecule has 0 aliphatic rings. The van der Waals surface area contributed by atoms with Crippen LogP contribution in [0.5, 0.6) is 0 Å². The molecular weight excluding hydrogens is 342 g/mol. The van der Waals surface area contributed by atoms with Crippen molar-refractivity contribution in [2.45, 2.75) is 10.9 Å². The zero-order chi connectivity index (χ0) is 17.6. The van der Waals surface area contributed by atoms with Crippen LogP contribution in [0, 0.1) is 0 Å². The summed E-state index contributed by atoms with van der Waals surface area (Å²) in [5, 5.41) is 8.65. The second-order valence-corrected chi connectivity index (χ2v) is 6.07. The fraction of sp³-hybridized carbons (Fsp3) is 0.125. The van der Waals surface area contributed by atoms with Crippen LogP contribution in [0.3, 0.4) is 0 Å². The third kappa shape index (κ3) is 4.27. The van der Waals surface area contributed by atoms with E-state index >= 15 is 0 Å². The largest absolute Gasteiger partial charge is 0.472 e. The molecule has 0 spiro atoms. The minimum atomic E-state index is -0.446. The van der Waals surface area contributed by atoms with Crippen molar-refractivity contribution in [3.05, 3.63) is 65.9 Å². The van der Waals surface area contributed by atoms with Crippen LogP contribution >= 0.6 is 11.8 Å². The molecule has 128 valence electrons. The predicted molar refractivity (Wildman–Crippen MR) is 90.6 cm³/mol. The van der Waals surface area contributed by atoms with Crippen LogP contribution in [0.25, 0.3) is 0 Å². The number of carbonyl (C=O) groups is 2. The van der Waals surface area contributed by atoms with E-state index in [1.165, 1.54) is 18.6 Å². The smallest absolute Gasteiger partial charge is 0.272 e. The standard InChI is InChI=1S/C16H15N5O3S/c1-21-10-17-20-16(21)25-9-11-2-4-12(5-3-11)14(22)18-19-15(23)13-6-7-24-8-13/h2-8,10H,9H2,1H3,(H,18,22)(H,19,23). The van der Waals surface area contributed by atoms with E-state index < -0.39 is 11.8 Å². The monoisotopic (exact) mass is 357 g/mol. The van der Waals surface area contributed by atoms with Crippen molar-refractivity contribution in [2.24, 2.45) is 7.05 Å². The van der Waals surface area contributed by atoms with Crippen molar-refractivity contribution in [3.63, 3.8) is 0 Å². The number of aromatic nitrogens is 3. The summed E-state index contributed by atoms with van der Waals surface area (Å²) in [6, 6.07) is 8.62. The molecule has 2 amide bonds. The third-order valence-electron chi connectivity index (χ3n) is 3.33. The molecule has 0 saturated heterocycles. The zero-order valence-electron chi connectivity index (χ0n) is 13.3. The van der Waals surface area contributed by atoms with E-state index in [0.29, 0.717) is 16.9 Å². The number of hydrogen-bond donors (Lipinski definition) is 2. The quantitative estimate of drug-likeness (QED) is 0.533. The lowest BCUT2D eigenvalue weighted by Gasteiger charge is -2.07. The molecule has 0 aliphatic carbocycles. The van der Waals surface area contributed by atoms with E-state index in [-0.39, 0.29) is 0 Å². The Balaban J connectivity index is 1.52. The van der Waals surface area contributed by atoms with Gasteiger partial charge in [0, 0.05) is 18.4 Å². The molecule has 1 aromatic carbocycles. The number of carbonyl (C=O) groups excluding carboxylic acids is 2. The Morgan fingerprint density at radius 1 is 1.12 bits per heavy atom. The van der Waals surface area contributed by atoms with Crippen molar-refractivity contribution < 1.29 is 14.0 Å². The van der Waals surface area contributed by atoms with Crippen LogP contribution in [-0.2, 0) is 12.8 Å². The average Bonchev–Trinajstić information content (AvgIpc) is 3.30. The summed E-state index contributed by atoms with van der Waals surface area (Å²) in [5.41, 5.74) is 6.51. The molecule has 0 saturated carbocycles. The molecule has 8 nitrogen and oxygen atoms in total. The fourth-order valence-electron chi connectivity index (χ4n) is 1.96. The van der Waals surface area contributed by atoms with Gasteiger partial charge in [-0.2, -0.15) is 0 Å². The van der Waals surface area contributed by atoms with Gasteiger partial charge < -0.3 is 8.98 Å². The lowest BCUT2D eigenvalue weighted by atomic mass is 10.1. The van der Waals surface area contributed by atoms with E-state index in [4.69, 9.17) is 4.42 Å². The lowest BCUT2D eigenvalue weighted by molar-refractivity contribution is 0.0846. The van der Waals surface area contributed by atoms with Gasteiger partial charge in [-0.1, -0.05) is 23.9 Å². The SMILES string of the molecule is Cn1cnnc1SCc1ccc(C(=O)NNC(=O)c2ccoc2)cc1. The number of benzene rings is 1. The summed E-state index contributed by atoms with van der Waals surface area (Å²) in [7, 11) is 1.88. The first-order chi connectivity index (χ1) is 12.1. The van der Waals surface area contributed by atoms with Gasteiger partial charge in [-0.15, -0.1) is 10.2 Å². The Morgan fingerprint density at radius 3 is 2.44 bits per heavy atom. The second kappa shape index (κ2) is 7.67. The average molecular weight is 357 g/mol. The molecule has 9 heteroatoms. The van der Waals surface area contributed by atoms with Gasteiger partial charge in [0.05, 0.1) is 11.8 Å². The Labute approximate surface area is 147 Å². The van der Waals surface area contributed by atoms with Crippen molar-refractivity contribution >= 4 is 23.6 Å². The van der Waals surface area contributed by atoms with Gasteiger partial charge in [0.1, 0.15) is 12.6 Å². The highest BCUT2D eigenvalue weighted by atomic mass is 32.2. The van der Waals surface area contributed by atoms with Gasteiger partial charge in [0.2, 0.25) is 0 Å². The van der Waals surface area contributed by atoms with Gasteiger partial charge in [0.15, 0.2) is 5.16 Å². The van der Waals surface area contributed by atoms with Crippen molar-refractivity contribution in [1.29, 1.82) is 0 Å². The maximum atomic E-state index is 12.0. The Morgan fingerprint density at radius 2 is 1.84 bits per heavy atom. The molecule has 0 fully saturated rings. The van der Waals surface area contributed by atoms with Crippen molar-refractivity contribution in [1.82, 2.24) is 25.6 Å². The Kier molecular flexibility index (Phi) is 5.14. The highest BCUT2D eigenvalue weighted by Crippen LogP contribution is 2.20. The van der Waals surface area contributed by atoms with Crippen LogP contribution in [0.2, 0.25) is 0 Å². The number of nitrogens with one attached hydrogen (secondary N) is 2. The normalized spacial score (nSPS) is 10.4. The zero-order valence-corrected chi connectivity index (χ0v) is 14.1. The number of furan rings is 1. The molecule has 0 aliphatic heterocycles. The van der Waals surface area contributed by atoms with Crippen molar-refractivity contribution in [2.75, 3.05) is 0 Å². The highest BCUT2D eigenvalue weighted by Gasteiger charge is 2.10. The minimum Gasteiger partial charge on any atom is -0.472 e. The summed E-state index contributed by atoms with van der Waals surface area (Å²) in [5.74, 6) is -0.130. The number of amides is 2. The molecule has 0 radical (unpaired) electrons. The van der Waals surface area contributed by atoms with Crippen molar-refractivity contribution in [3.8, 4) is 0 Å². The van der Waals surface area contributed by atoms with Crippen LogP contribution in [0.4, 0.5) is 0 Å². The summed E-state index contributed by atoms with van der Waals surface area (Å²) in [6.07, 6.45) is 4.33. The van der Waals surface area contributed by atoms with E-state index in [0.717, 1.165) is 10.7 Å². The molecule has 3 rings (SSSR count). The molecule has 2 aromatic heterocycles. The summed E-state index contributed by atoms with van der Waals surface area (Å²) < 4.78 is 6.65. The number of aryl methyl sites for hydroxylation is 1. The predicted octanol–water partition coefficient (Wildman–Crippen LogP) is 1.78. The molecule has 2 heterocycles. The maximum Gasteiger partial charge on any atom is 0.272 e. The topological polar surface area (TPSA) is 102 Å². The molecule has 25 heavy (non-hydrogen) atoms. The summed E-state index contributed by atoms with van der Waals surface area (Å²) in [4.78, 5) is 23.8. The molecule has 2 N–H and O–H groups in total. The highest BCUT2D eigenvalue weighted by molar-refractivity contribution is 7.98. The van der Waals surface area contributed by atoms with Crippen LogP contribution in [0.15, 0.2) is 58.8 Å². The number of hydrazine groups is 1. The molecular formula is C16H15N5O3S. The van der Waals surface area contributed by atoms with Gasteiger partial charge in [-0.3, -0.25) is 20.4 Å². The Bertz CT molecular complexity index is 858. The van der Waals surface area contributed by atoms with Gasteiger partial charge in [-0.25, -0.2) is 0 Å². The van der Waals surface area contributed by atoms with Gasteiger partial charge in [-0.05, 0) is 23.8 Å². The summed E-state index contributed by atoms with van der Waals surface area (Å²) >= 11 is 1.56. The number of rotatable bonds is 5. The minimum absolute atomic E-state index is 0.330. The molecule has 3 aromatic rings. The molecule has 0 bridgehead atoms. The Hall–Kier alpha value is -3.07. The first-order valence-electron chi connectivity index (χ1n) is 7.32. The van der Waals surface area contributed by atoms with Gasteiger partial charge >= 0.3 is 0 Å². The fourth-order valence-corrected chi connectivity index (χ4v) is 2.80. The lowest BCUT2D eigenvalue weighted by Crippen LogP contribution is -2.41. The van der Waals surface area contributed by atoms with Crippen LogP contribution < -0.4 is 10.9 Å². The number of nitrogens with zero attached hydrogens (tertiary/aromatic N) is 3. The first kappa shape index (κ1) is 16.8. The maximum absolute atomic E-state index is 12.0.